The first-order valence-electron chi connectivity index (χ1n) is 6.32. The molecule has 2 aliphatic heterocycles. The van der Waals surface area contributed by atoms with Crippen molar-refractivity contribution in [2.75, 3.05) is 24.5 Å². The molecule has 1 aromatic rings. The molecule has 1 amide bonds. The zero-order chi connectivity index (χ0) is 12.6. The minimum atomic E-state index is -0.298. The van der Waals surface area contributed by atoms with E-state index in [1.807, 2.05) is 19.1 Å². The number of ether oxygens (including phenoxy) is 1. The summed E-state index contributed by atoms with van der Waals surface area (Å²) in [5.41, 5.74) is 1.47. The molecule has 0 atom stereocenters. The minimum absolute atomic E-state index is 0.248. The Morgan fingerprint density at radius 2 is 2.17 bits per heavy atom. The molecular formula is C13H17N3O2. The third-order valence-corrected chi connectivity index (χ3v) is 3.69. The van der Waals surface area contributed by atoms with E-state index in [4.69, 9.17) is 4.74 Å². The summed E-state index contributed by atoms with van der Waals surface area (Å²) in [4.78, 5) is 17.9. The van der Waals surface area contributed by atoms with E-state index in [-0.39, 0.29) is 11.7 Å². The van der Waals surface area contributed by atoms with Gasteiger partial charge in [0.15, 0.2) is 0 Å². The summed E-state index contributed by atoms with van der Waals surface area (Å²) < 4.78 is 5.61. The average molecular weight is 247 g/mol. The van der Waals surface area contributed by atoms with Crippen LogP contribution in [-0.4, -0.2) is 36.3 Å². The van der Waals surface area contributed by atoms with Crippen LogP contribution in [0.5, 0.6) is 0 Å². The molecule has 5 heteroatoms. The summed E-state index contributed by atoms with van der Waals surface area (Å²) >= 11 is 0. The number of piperidine rings is 1. The highest BCUT2D eigenvalue weighted by Gasteiger charge is 2.46. The lowest BCUT2D eigenvalue weighted by Crippen LogP contribution is -2.44. The molecule has 3 rings (SSSR count). The molecule has 96 valence electrons. The van der Waals surface area contributed by atoms with Gasteiger partial charge in [-0.05, 0) is 32.1 Å². The lowest BCUT2D eigenvalue weighted by atomic mass is 9.92. The molecule has 0 unspecified atom stereocenters. The standard InChI is InChI=1S/C13H17N3O2/c1-10-2-3-11(8-15-10)16-9-13(18-12(16)17)4-6-14-7-5-13/h2-3,8,14H,4-7,9H2,1H3. The molecule has 5 nitrogen and oxygen atoms in total. The SMILES string of the molecule is Cc1ccc(N2CC3(CCNCC3)OC2=O)cn1. The van der Waals surface area contributed by atoms with Crippen LogP contribution in [0.2, 0.25) is 0 Å². The van der Waals surface area contributed by atoms with Gasteiger partial charge in [0.05, 0.1) is 18.4 Å². The Kier molecular flexibility index (Phi) is 2.70. The van der Waals surface area contributed by atoms with Gasteiger partial charge in [-0.1, -0.05) is 0 Å². The summed E-state index contributed by atoms with van der Waals surface area (Å²) in [6, 6.07) is 3.83. The Balaban J connectivity index is 1.82. The van der Waals surface area contributed by atoms with Crippen LogP contribution in [-0.2, 0) is 4.74 Å². The van der Waals surface area contributed by atoms with Gasteiger partial charge < -0.3 is 10.1 Å². The third kappa shape index (κ3) is 1.95. The van der Waals surface area contributed by atoms with Crippen LogP contribution in [0, 0.1) is 6.92 Å². The van der Waals surface area contributed by atoms with E-state index in [9.17, 15) is 4.79 Å². The van der Waals surface area contributed by atoms with Gasteiger partial charge in [0.1, 0.15) is 5.60 Å². The summed E-state index contributed by atoms with van der Waals surface area (Å²) in [5.74, 6) is 0. The van der Waals surface area contributed by atoms with E-state index in [0.717, 1.165) is 37.3 Å². The molecule has 2 saturated heterocycles. The Bertz CT molecular complexity index is 452. The largest absolute Gasteiger partial charge is 0.441 e. The second-order valence-corrected chi connectivity index (χ2v) is 5.04. The van der Waals surface area contributed by atoms with Gasteiger partial charge in [0.25, 0.3) is 0 Å². The summed E-state index contributed by atoms with van der Waals surface area (Å²) in [5, 5.41) is 3.29. The van der Waals surface area contributed by atoms with Crippen molar-refractivity contribution in [2.45, 2.75) is 25.4 Å². The van der Waals surface area contributed by atoms with Crippen LogP contribution in [0.15, 0.2) is 18.3 Å². The normalized spacial score (nSPS) is 22.3. The zero-order valence-corrected chi connectivity index (χ0v) is 10.5. The molecule has 1 spiro atoms. The highest BCUT2D eigenvalue weighted by atomic mass is 16.6. The number of nitrogens with zero attached hydrogens (tertiary/aromatic N) is 2. The number of carbonyl (C=O) groups is 1. The second kappa shape index (κ2) is 4.24. The van der Waals surface area contributed by atoms with Gasteiger partial charge >= 0.3 is 6.09 Å². The second-order valence-electron chi connectivity index (χ2n) is 5.04. The molecule has 0 bridgehead atoms. The van der Waals surface area contributed by atoms with Gasteiger partial charge in [0, 0.05) is 18.5 Å². The van der Waals surface area contributed by atoms with Crippen LogP contribution < -0.4 is 10.2 Å². The van der Waals surface area contributed by atoms with Crippen molar-refractivity contribution in [1.82, 2.24) is 10.3 Å². The maximum absolute atomic E-state index is 12.0. The molecule has 0 aromatic carbocycles. The monoisotopic (exact) mass is 247 g/mol. The van der Waals surface area contributed by atoms with Crippen LogP contribution in [0.25, 0.3) is 0 Å². The number of aromatic nitrogens is 1. The van der Waals surface area contributed by atoms with Crippen molar-refractivity contribution in [3.63, 3.8) is 0 Å². The quantitative estimate of drug-likeness (QED) is 0.816. The number of carbonyl (C=O) groups excluding carboxylic acids is 1. The molecule has 0 aliphatic carbocycles. The predicted octanol–water partition coefficient (Wildman–Crippen LogP) is 1.47. The molecule has 1 N–H and O–H groups in total. The van der Waals surface area contributed by atoms with Crippen molar-refractivity contribution in [3.8, 4) is 0 Å². The third-order valence-electron chi connectivity index (χ3n) is 3.69. The predicted molar refractivity (Wildman–Crippen MR) is 67.6 cm³/mol. The minimum Gasteiger partial charge on any atom is -0.441 e. The number of hydrogen-bond donors (Lipinski definition) is 1. The Morgan fingerprint density at radius 3 is 2.83 bits per heavy atom. The average Bonchev–Trinajstić information content (AvgIpc) is 2.68. The van der Waals surface area contributed by atoms with E-state index in [1.165, 1.54) is 0 Å². The highest BCUT2D eigenvalue weighted by Crippen LogP contribution is 2.33. The van der Waals surface area contributed by atoms with Crippen molar-refractivity contribution in [2.24, 2.45) is 0 Å². The van der Waals surface area contributed by atoms with Crippen molar-refractivity contribution >= 4 is 11.8 Å². The van der Waals surface area contributed by atoms with E-state index in [0.29, 0.717) is 6.54 Å². The lowest BCUT2D eigenvalue weighted by Gasteiger charge is -2.31. The maximum atomic E-state index is 12.0. The maximum Gasteiger partial charge on any atom is 0.415 e. The lowest BCUT2D eigenvalue weighted by molar-refractivity contribution is 0.0316. The Hall–Kier alpha value is -1.62. The molecular weight excluding hydrogens is 230 g/mol. The molecule has 2 aliphatic rings. The number of hydrogen-bond acceptors (Lipinski definition) is 4. The Morgan fingerprint density at radius 1 is 1.39 bits per heavy atom. The van der Waals surface area contributed by atoms with E-state index in [1.54, 1.807) is 11.1 Å². The van der Waals surface area contributed by atoms with Crippen LogP contribution in [0.3, 0.4) is 0 Å². The molecule has 1 aromatic heterocycles. The van der Waals surface area contributed by atoms with E-state index in [2.05, 4.69) is 10.3 Å². The van der Waals surface area contributed by atoms with E-state index < -0.39 is 0 Å². The molecule has 2 fully saturated rings. The van der Waals surface area contributed by atoms with Gasteiger partial charge in [0.2, 0.25) is 0 Å². The van der Waals surface area contributed by atoms with Crippen LogP contribution >= 0.6 is 0 Å². The van der Waals surface area contributed by atoms with Crippen molar-refractivity contribution in [1.29, 1.82) is 0 Å². The molecule has 0 saturated carbocycles. The fraction of sp³-hybridized carbons (Fsp3) is 0.538. The molecule has 0 radical (unpaired) electrons. The number of pyridine rings is 1. The highest BCUT2D eigenvalue weighted by molar-refractivity contribution is 5.90. The van der Waals surface area contributed by atoms with Crippen LogP contribution in [0.4, 0.5) is 10.5 Å². The molecule has 18 heavy (non-hydrogen) atoms. The van der Waals surface area contributed by atoms with Crippen molar-refractivity contribution in [3.05, 3.63) is 24.0 Å². The number of nitrogens with one attached hydrogen (secondary N) is 1. The van der Waals surface area contributed by atoms with Gasteiger partial charge in [-0.2, -0.15) is 0 Å². The fourth-order valence-corrected chi connectivity index (χ4v) is 2.58. The van der Waals surface area contributed by atoms with Crippen LogP contribution in [0.1, 0.15) is 18.5 Å². The summed E-state index contributed by atoms with van der Waals surface area (Å²) in [6.07, 6.45) is 3.25. The van der Waals surface area contributed by atoms with Crippen molar-refractivity contribution < 1.29 is 9.53 Å². The van der Waals surface area contributed by atoms with Gasteiger partial charge in [-0.3, -0.25) is 9.88 Å². The number of aryl methyl sites for hydroxylation is 1. The topological polar surface area (TPSA) is 54.5 Å². The first kappa shape index (κ1) is 11.5. The smallest absolute Gasteiger partial charge is 0.415 e. The number of anilines is 1. The van der Waals surface area contributed by atoms with E-state index >= 15 is 0 Å². The number of amides is 1. The summed E-state index contributed by atoms with van der Waals surface area (Å²) in [7, 11) is 0. The van der Waals surface area contributed by atoms with Gasteiger partial charge in [-0.15, -0.1) is 0 Å². The number of rotatable bonds is 1. The fourth-order valence-electron chi connectivity index (χ4n) is 2.58. The first-order valence-corrected chi connectivity index (χ1v) is 6.32. The Labute approximate surface area is 106 Å². The summed E-state index contributed by atoms with van der Waals surface area (Å²) in [6.45, 7) is 4.39. The van der Waals surface area contributed by atoms with Gasteiger partial charge in [-0.25, -0.2) is 4.79 Å². The zero-order valence-electron chi connectivity index (χ0n) is 10.5. The first-order chi connectivity index (χ1) is 8.69. The molecule has 3 heterocycles.